The van der Waals surface area contributed by atoms with E-state index in [-0.39, 0.29) is 16.8 Å². The number of rotatable bonds is 3. The fourth-order valence-electron chi connectivity index (χ4n) is 2.80. The molecule has 1 aromatic rings. The second kappa shape index (κ2) is 4.85. The van der Waals surface area contributed by atoms with Gasteiger partial charge in [0.15, 0.2) is 0 Å². The molecule has 114 valence electrons. The van der Waals surface area contributed by atoms with Crippen LogP contribution in [0.5, 0.6) is 0 Å². The van der Waals surface area contributed by atoms with Crippen LogP contribution in [0.25, 0.3) is 0 Å². The molecule has 0 radical (unpaired) electrons. The van der Waals surface area contributed by atoms with Crippen molar-refractivity contribution in [1.82, 2.24) is 15.4 Å². The number of carbonyl (C=O) groups excluding carboxylic acids is 2. The van der Waals surface area contributed by atoms with Gasteiger partial charge in [0.2, 0.25) is 10.0 Å². The van der Waals surface area contributed by atoms with E-state index >= 15 is 0 Å². The van der Waals surface area contributed by atoms with E-state index in [0.29, 0.717) is 25.7 Å². The Hall–Kier alpha value is -1.87. The molecule has 1 aliphatic heterocycles. The first-order valence-corrected chi connectivity index (χ1v) is 8.08. The first kappa shape index (κ1) is 14.1. The lowest BCUT2D eigenvalue weighted by atomic mass is 9.80. The van der Waals surface area contributed by atoms with Crippen molar-refractivity contribution >= 4 is 22.0 Å². The lowest BCUT2D eigenvalue weighted by Crippen LogP contribution is -2.52. The predicted molar refractivity (Wildman–Crippen MR) is 70.7 cm³/mol. The molecule has 0 bridgehead atoms. The Morgan fingerprint density at radius 3 is 2.52 bits per heavy atom. The summed E-state index contributed by atoms with van der Waals surface area (Å²) in [5.41, 5.74) is -0.880. The van der Waals surface area contributed by atoms with Crippen LogP contribution in [-0.2, 0) is 14.8 Å². The van der Waals surface area contributed by atoms with Gasteiger partial charge in [0, 0.05) is 6.04 Å². The number of urea groups is 1. The third-order valence-corrected chi connectivity index (χ3v) is 5.48. The Balaban J connectivity index is 1.65. The van der Waals surface area contributed by atoms with Crippen LogP contribution in [0.15, 0.2) is 27.9 Å². The Labute approximate surface area is 121 Å². The summed E-state index contributed by atoms with van der Waals surface area (Å²) in [6.45, 7) is 0. The predicted octanol–water partition coefficient (Wildman–Crippen LogP) is 0.0787. The Bertz CT molecular complexity index is 659. The van der Waals surface area contributed by atoms with Gasteiger partial charge in [-0.05, 0) is 31.7 Å². The number of imide groups is 1. The second-order valence-corrected chi connectivity index (χ2v) is 7.06. The molecular weight excluding hydrogens is 298 g/mol. The van der Waals surface area contributed by atoms with Gasteiger partial charge >= 0.3 is 6.03 Å². The third-order valence-electron chi connectivity index (χ3n) is 3.98. The van der Waals surface area contributed by atoms with Crippen molar-refractivity contribution in [2.75, 3.05) is 0 Å². The van der Waals surface area contributed by atoms with Crippen LogP contribution in [0, 0.1) is 0 Å². The maximum absolute atomic E-state index is 12.1. The second-order valence-electron chi connectivity index (χ2n) is 5.34. The highest BCUT2D eigenvalue weighted by Crippen LogP contribution is 2.31. The van der Waals surface area contributed by atoms with Crippen LogP contribution in [0.3, 0.4) is 0 Å². The summed E-state index contributed by atoms with van der Waals surface area (Å²) >= 11 is 0. The molecule has 0 aromatic carbocycles. The summed E-state index contributed by atoms with van der Waals surface area (Å²) in [5, 5.41) is 4.86. The van der Waals surface area contributed by atoms with Crippen molar-refractivity contribution in [3.63, 3.8) is 0 Å². The van der Waals surface area contributed by atoms with Gasteiger partial charge in [0.1, 0.15) is 16.7 Å². The minimum Gasteiger partial charge on any atom is -0.471 e. The number of hydrogen-bond acceptors (Lipinski definition) is 5. The van der Waals surface area contributed by atoms with Gasteiger partial charge in [-0.2, -0.15) is 0 Å². The summed E-state index contributed by atoms with van der Waals surface area (Å²) < 4.78 is 31.5. The first-order valence-electron chi connectivity index (χ1n) is 6.59. The Morgan fingerprint density at radius 2 is 2.00 bits per heavy atom. The fourth-order valence-corrected chi connectivity index (χ4v) is 4.03. The fraction of sp³-hybridized carbons (Fsp3) is 0.500. The highest BCUT2D eigenvalue weighted by atomic mass is 32.2. The van der Waals surface area contributed by atoms with Crippen molar-refractivity contribution in [3.8, 4) is 0 Å². The van der Waals surface area contributed by atoms with E-state index in [2.05, 4.69) is 15.4 Å². The molecule has 8 nitrogen and oxygen atoms in total. The van der Waals surface area contributed by atoms with Gasteiger partial charge in [0.05, 0.1) is 6.26 Å². The minimum atomic E-state index is -3.61. The van der Waals surface area contributed by atoms with Crippen molar-refractivity contribution in [2.45, 2.75) is 42.2 Å². The molecule has 1 saturated heterocycles. The zero-order valence-electron chi connectivity index (χ0n) is 11.1. The smallest absolute Gasteiger partial charge is 0.322 e. The minimum absolute atomic E-state index is 0.0784. The number of furan rings is 1. The summed E-state index contributed by atoms with van der Waals surface area (Å²) in [6.07, 6.45) is 4.22. The van der Waals surface area contributed by atoms with Crippen LogP contribution in [0.4, 0.5) is 4.79 Å². The standard InChI is InChI=1S/C12H15N3O5S/c16-10-12(14-11(17)13-10)4-1-8(2-5-12)15-21(18,19)9-3-6-20-7-9/h3,6-8,15H,1-2,4-5H2,(H2,13,14,16,17). The lowest BCUT2D eigenvalue weighted by molar-refractivity contribution is -0.125. The summed E-state index contributed by atoms with van der Waals surface area (Å²) in [5.74, 6) is -0.330. The van der Waals surface area contributed by atoms with E-state index in [1.165, 1.54) is 12.3 Å². The Morgan fingerprint density at radius 1 is 1.29 bits per heavy atom. The van der Waals surface area contributed by atoms with E-state index < -0.39 is 21.6 Å². The largest absolute Gasteiger partial charge is 0.471 e. The molecule has 1 spiro atoms. The molecule has 3 amide bonds. The van der Waals surface area contributed by atoms with Crippen LogP contribution < -0.4 is 15.4 Å². The maximum atomic E-state index is 12.1. The average molecular weight is 313 g/mol. The van der Waals surface area contributed by atoms with E-state index in [4.69, 9.17) is 4.42 Å². The molecular formula is C12H15N3O5S. The van der Waals surface area contributed by atoms with E-state index in [1.807, 2.05) is 0 Å². The molecule has 2 fully saturated rings. The topological polar surface area (TPSA) is 118 Å². The number of hydrogen-bond donors (Lipinski definition) is 3. The molecule has 9 heteroatoms. The van der Waals surface area contributed by atoms with Gasteiger partial charge in [-0.15, -0.1) is 0 Å². The SMILES string of the molecule is O=C1NC(=O)C2(CCC(NS(=O)(=O)c3ccoc3)CC2)N1. The van der Waals surface area contributed by atoms with Crippen molar-refractivity contribution < 1.29 is 22.4 Å². The highest BCUT2D eigenvalue weighted by molar-refractivity contribution is 7.89. The summed E-state index contributed by atoms with van der Waals surface area (Å²) in [7, 11) is -3.61. The molecule has 3 N–H and O–H groups in total. The van der Waals surface area contributed by atoms with Gasteiger partial charge in [-0.25, -0.2) is 17.9 Å². The molecule has 3 rings (SSSR count). The van der Waals surface area contributed by atoms with E-state index in [0.717, 1.165) is 6.26 Å². The van der Waals surface area contributed by atoms with Gasteiger partial charge in [-0.1, -0.05) is 0 Å². The first-order chi connectivity index (χ1) is 9.91. The lowest BCUT2D eigenvalue weighted by Gasteiger charge is -2.34. The molecule has 0 unspecified atom stereocenters. The number of nitrogens with one attached hydrogen (secondary N) is 3. The van der Waals surface area contributed by atoms with Crippen LogP contribution in [-0.4, -0.2) is 31.9 Å². The molecule has 21 heavy (non-hydrogen) atoms. The summed E-state index contributed by atoms with van der Waals surface area (Å²) in [6, 6.07) is 0.621. The number of sulfonamides is 1. The van der Waals surface area contributed by atoms with E-state index in [1.54, 1.807) is 0 Å². The van der Waals surface area contributed by atoms with Crippen molar-refractivity contribution in [1.29, 1.82) is 0 Å². The monoisotopic (exact) mass is 313 g/mol. The van der Waals surface area contributed by atoms with Crippen molar-refractivity contribution in [2.24, 2.45) is 0 Å². The third kappa shape index (κ3) is 2.54. The number of amides is 3. The van der Waals surface area contributed by atoms with Crippen LogP contribution >= 0.6 is 0 Å². The van der Waals surface area contributed by atoms with Crippen LogP contribution in [0.2, 0.25) is 0 Å². The maximum Gasteiger partial charge on any atom is 0.322 e. The van der Waals surface area contributed by atoms with Gasteiger partial charge in [0.25, 0.3) is 5.91 Å². The quantitative estimate of drug-likeness (QED) is 0.683. The normalized spacial score (nSPS) is 29.4. The number of carbonyl (C=O) groups is 2. The molecule has 1 aromatic heterocycles. The van der Waals surface area contributed by atoms with Gasteiger partial charge < -0.3 is 9.73 Å². The van der Waals surface area contributed by atoms with Crippen LogP contribution in [0.1, 0.15) is 25.7 Å². The highest BCUT2D eigenvalue weighted by Gasteiger charge is 2.48. The molecule has 2 heterocycles. The molecule has 1 saturated carbocycles. The van der Waals surface area contributed by atoms with Gasteiger partial charge in [-0.3, -0.25) is 10.1 Å². The zero-order valence-corrected chi connectivity index (χ0v) is 11.9. The Kier molecular flexibility index (Phi) is 3.25. The van der Waals surface area contributed by atoms with Crippen molar-refractivity contribution in [3.05, 3.63) is 18.6 Å². The molecule has 0 atom stereocenters. The molecule has 2 aliphatic rings. The average Bonchev–Trinajstić information content (AvgIpc) is 3.02. The summed E-state index contributed by atoms with van der Waals surface area (Å²) in [4.78, 5) is 23.1. The zero-order chi connectivity index (χ0) is 15.1. The van der Waals surface area contributed by atoms with E-state index in [9.17, 15) is 18.0 Å². The molecule has 1 aliphatic carbocycles.